The maximum Gasteiger partial charge on any atom is 0.323 e. The van der Waals surface area contributed by atoms with E-state index in [0.29, 0.717) is 0 Å². The highest BCUT2D eigenvalue weighted by Crippen LogP contribution is 2.30. The van der Waals surface area contributed by atoms with Crippen molar-refractivity contribution in [2.45, 2.75) is 0 Å². The summed E-state index contributed by atoms with van der Waals surface area (Å²) in [4.78, 5) is 16.7. The maximum absolute atomic E-state index is 11.2. The highest BCUT2D eigenvalue weighted by Gasteiger charge is 2.06. The van der Waals surface area contributed by atoms with Crippen molar-refractivity contribution in [1.82, 2.24) is 9.97 Å². The molecule has 0 aliphatic rings. The molecule has 2 aromatic carbocycles. The van der Waals surface area contributed by atoms with Crippen LogP contribution in [0.3, 0.4) is 0 Å². The van der Waals surface area contributed by atoms with Gasteiger partial charge in [0.2, 0.25) is 0 Å². The largest absolute Gasteiger partial charge is 0.496 e. The molecule has 0 bridgehead atoms. The third-order valence-corrected chi connectivity index (χ3v) is 2.93. The van der Waals surface area contributed by atoms with Gasteiger partial charge in [0.05, 0.1) is 18.1 Å². The van der Waals surface area contributed by atoms with Crippen LogP contribution in [0.5, 0.6) is 5.75 Å². The van der Waals surface area contributed by atoms with Gasteiger partial charge in [0.1, 0.15) is 5.75 Å². The number of ether oxygens (including phenoxy) is 1. The van der Waals surface area contributed by atoms with Crippen molar-refractivity contribution in [3.63, 3.8) is 0 Å². The molecule has 4 heteroatoms. The van der Waals surface area contributed by atoms with Crippen LogP contribution >= 0.6 is 0 Å². The number of benzene rings is 2. The van der Waals surface area contributed by atoms with Crippen molar-refractivity contribution in [1.29, 1.82) is 0 Å². The molecule has 0 aliphatic carbocycles. The molecule has 0 aliphatic heterocycles. The summed E-state index contributed by atoms with van der Waals surface area (Å²) in [7, 11) is 1.65. The third kappa shape index (κ3) is 1.68. The van der Waals surface area contributed by atoms with Gasteiger partial charge in [0, 0.05) is 5.56 Å². The minimum Gasteiger partial charge on any atom is -0.496 e. The van der Waals surface area contributed by atoms with Crippen molar-refractivity contribution in [2.24, 2.45) is 0 Å². The van der Waals surface area contributed by atoms with Gasteiger partial charge in [-0.2, -0.15) is 0 Å². The molecule has 1 aromatic heterocycles. The van der Waals surface area contributed by atoms with Crippen LogP contribution in [-0.2, 0) is 0 Å². The summed E-state index contributed by atoms with van der Waals surface area (Å²) in [5.74, 6) is 0.815. The lowest BCUT2D eigenvalue weighted by Gasteiger charge is -2.08. The van der Waals surface area contributed by atoms with Gasteiger partial charge in [-0.3, -0.25) is 0 Å². The average Bonchev–Trinajstić information content (AvgIpc) is 2.77. The van der Waals surface area contributed by atoms with E-state index in [1.165, 1.54) is 0 Å². The molecule has 0 saturated heterocycles. The number of rotatable bonds is 2. The fourth-order valence-electron chi connectivity index (χ4n) is 2.08. The van der Waals surface area contributed by atoms with Crippen molar-refractivity contribution < 1.29 is 4.74 Å². The van der Waals surface area contributed by atoms with Crippen LogP contribution in [0.25, 0.3) is 22.2 Å². The van der Waals surface area contributed by atoms with Gasteiger partial charge >= 0.3 is 5.69 Å². The minimum atomic E-state index is -0.192. The molecule has 3 rings (SSSR count). The van der Waals surface area contributed by atoms with E-state index in [1.807, 2.05) is 42.5 Å². The summed E-state index contributed by atoms with van der Waals surface area (Å²) in [5, 5.41) is 0. The second-order valence-corrected chi connectivity index (χ2v) is 4.04. The molecular weight excluding hydrogens is 228 g/mol. The molecular formula is C14H12N2O2. The van der Waals surface area contributed by atoms with E-state index in [-0.39, 0.29) is 5.69 Å². The molecule has 0 saturated carbocycles. The molecule has 0 fully saturated rings. The summed E-state index contributed by atoms with van der Waals surface area (Å²) in [5.41, 5.74) is 3.42. The van der Waals surface area contributed by atoms with E-state index in [0.717, 1.165) is 27.9 Å². The zero-order valence-corrected chi connectivity index (χ0v) is 9.86. The lowest BCUT2D eigenvalue weighted by Crippen LogP contribution is -1.99. The predicted molar refractivity (Wildman–Crippen MR) is 70.9 cm³/mol. The molecule has 90 valence electrons. The van der Waals surface area contributed by atoms with Crippen LogP contribution in [0, 0.1) is 0 Å². The monoisotopic (exact) mass is 240 g/mol. The van der Waals surface area contributed by atoms with Crippen LogP contribution in [-0.4, -0.2) is 17.1 Å². The standard InChI is InChI=1S/C14H12N2O2/c1-18-13-5-3-2-4-10(13)9-6-7-11-12(8-9)16-14(17)15-11/h2-8H,1H3,(H2,15,16,17). The van der Waals surface area contributed by atoms with Crippen molar-refractivity contribution >= 4 is 11.0 Å². The highest BCUT2D eigenvalue weighted by molar-refractivity contribution is 5.83. The van der Waals surface area contributed by atoms with E-state index in [2.05, 4.69) is 9.97 Å². The predicted octanol–water partition coefficient (Wildman–Crippen LogP) is 2.53. The Morgan fingerprint density at radius 1 is 1.00 bits per heavy atom. The number of hydrogen-bond donors (Lipinski definition) is 2. The first-order valence-electron chi connectivity index (χ1n) is 5.63. The normalized spacial score (nSPS) is 10.7. The molecule has 3 aromatic rings. The second kappa shape index (κ2) is 4.07. The molecule has 0 amide bonds. The van der Waals surface area contributed by atoms with Gasteiger partial charge in [-0.15, -0.1) is 0 Å². The van der Waals surface area contributed by atoms with Crippen LogP contribution in [0.15, 0.2) is 47.3 Å². The van der Waals surface area contributed by atoms with E-state index in [1.54, 1.807) is 7.11 Å². The SMILES string of the molecule is COc1ccccc1-c1ccc2[nH]c(=O)[nH]c2c1. The molecule has 0 radical (unpaired) electrons. The number of aromatic nitrogens is 2. The number of H-pyrrole nitrogens is 2. The lowest BCUT2D eigenvalue weighted by molar-refractivity contribution is 0.416. The molecule has 18 heavy (non-hydrogen) atoms. The van der Waals surface area contributed by atoms with Gasteiger partial charge in [0.25, 0.3) is 0 Å². The Balaban J connectivity index is 2.21. The second-order valence-electron chi connectivity index (χ2n) is 4.04. The van der Waals surface area contributed by atoms with Gasteiger partial charge in [-0.25, -0.2) is 4.79 Å². The van der Waals surface area contributed by atoms with Crippen molar-refractivity contribution in [3.8, 4) is 16.9 Å². The quantitative estimate of drug-likeness (QED) is 0.723. The van der Waals surface area contributed by atoms with Gasteiger partial charge in [-0.1, -0.05) is 24.3 Å². The minimum absolute atomic E-state index is 0.192. The van der Waals surface area contributed by atoms with Crippen LogP contribution in [0.2, 0.25) is 0 Å². The van der Waals surface area contributed by atoms with Crippen LogP contribution in [0.4, 0.5) is 0 Å². The fourth-order valence-corrected chi connectivity index (χ4v) is 2.08. The Bertz CT molecular complexity index is 756. The summed E-state index contributed by atoms with van der Waals surface area (Å²) in [6, 6.07) is 13.6. The zero-order valence-electron chi connectivity index (χ0n) is 9.86. The van der Waals surface area contributed by atoms with Gasteiger partial charge in [0.15, 0.2) is 0 Å². The lowest BCUT2D eigenvalue weighted by atomic mass is 10.0. The average molecular weight is 240 g/mol. The van der Waals surface area contributed by atoms with Crippen LogP contribution < -0.4 is 10.4 Å². The Hall–Kier alpha value is -2.49. The molecule has 4 nitrogen and oxygen atoms in total. The molecule has 2 N–H and O–H groups in total. The van der Waals surface area contributed by atoms with E-state index in [4.69, 9.17) is 4.74 Å². The number of imidazole rings is 1. The topological polar surface area (TPSA) is 57.9 Å². The summed E-state index contributed by atoms with van der Waals surface area (Å²) >= 11 is 0. The van der Waals surface area contributed by atoms with Crippen LogP contribution in [0.1, 0.15) is 0 Å². The van der Waals surface area contributed by atoms with E-state index < -0.39 is 0 Å². The Morgan fingerprint density at radius 2 is 1.78 bits per heavy atom. The van der Waals surface area contributed by atoms with Crippen molar-refractivity contribution in [2.75, 3.05) is 7.11 Å². The fraction of sp³-hybridized carbons (Fsp3) is 0.0714. The Kier molecular flexibility index (Phi) is 2.41. The molecule has 1 heterocycles. The van der Waals surface area contributed by atoms with Gasteiger partial charge < -0.3 is 14.7 Å². The van der Waals surface area contributed by atoms with Crippen molar-refractivity contribution in [3.05, 3.63) is 52.9 Å². The number of methoxy groups -OCH3 is 1. The molecule has 0 unspecified atom stereocenters. The first-order chi connectivity index (χ1) is 8.78. The smallest absolute Gasteiger partial charge is 0.323 e. The van der Waals surface area contributed by atoms with Gasteiger partial charge in [-0.05, 0) is 23.8 Å². The van der Waals surface area contributed by atoms with E-state index in [9.17, 15) is 4.79 Å². The first-order valence-corrected chi connectivity index (χ1v) is 5.63. The number of fused-ring (bicyclic) bond motifs is 1. The Morgan fingerprint density at radius 3 is 2.61 bits per heavy atom. The Labute approximate surface area is 103 Å². The van der Waals surface area contributed by atoms with E-state index >= 15 is 0 Å². The molecule has 0 atom stereocenters. The maximum atomic E-state index is 11.2. The first kappa shape index (κ1) is 10.7. The zero-order chi connectivity index (χ0) is 12.5. The molecule has 0 spiro atoms. The number of para-hydroxylation sites is 1. The summed E-state index contributed by atoms with van der Waals surface area (Å²) in [6.07, 6.45) is 0. The number of aromatic amines is 2. The number of nitrogens with one attached hydrogen (secondary N) is 2. The number of hydrogen-bond acceptors (Lipinski definition) is 2. The summed E-state index contributed by atoms with van der Waals surface area (Å²) < 4.78 is 5.34. The summed E-state index contributed by atoms with van der Waals surface area (Å²) in [6.45, 7) is 0. The highest BCUT2D eigenvalue weighted by atomic mass is 16.5. The third-order valence-electron chi connectivity index (χ3n) is 2.93.